The molecule has 0 radical (unpaired) electrons. The first kappa shape index (κ1) is 15.1. The molecule has 1 aromatic rings. The van der Waals surface area contributed by atoms with Gasteiger partial charge in [0.1, 0.15) is 10.8 Å². The average Bonchev–Trinajstić information content (AvgIpc) is 2.37. The topological polar surface area (TPSA) is 54.5 Å². The van der Waals surface area contributed by atoms with Gasteiger partial charge in [0.25, 0.3) is 0 Å². The highest BCUT2D eigenvalue weighted by Gasteiger charge is 2.28. The van der Waals surface area contributed by atoms with Crippen LogP contribution in [-0.4, -0.2) is 41.2 Å². The van der Waals surface area contributed by atoms with Crippen LogP contribution in [0.1, 0.15) is 32.4 Å². The van der Waals surface area contributed by atoms with Gasteiger partial charge in [-0.15, -0.1) is 0 Å². The molecule has 6 heteroatoms. The molecule has 1 N–H and O–H groups in total. The quantitative estimate of drug-likeness (QED) is 0.810. The Bertz CT molecular complexity index is 488. The predicted octanol–water partition coefficient (Wildman–Crippen LogP) is 2.62. The van der Waals surface area contributed by atoms with Crippen LogP contribution in [-0.2, 0) is 4.74 Å². The highest BCUT2D eigenvalue weighted by molar-refractivity contribution is 6.30. The number of nitrogens with one attached hydrogen (secondary N) is 1. The van der Waals surface area contributed by atoms with Crippen LogP contribution >= 0.6 is 11.6 Å². The van der Waals surface area contributed by atoms with Crippen molar-refractivity contribution in [2.24, 2.45) is 0 Å². The lowest BCUT2D eigenvalue weighted by molar-refractivity contribution is 0.0195. The Morgan fingerprint density at radius 2 is 2.30 bits per heavy atom. The zero-order valence-corrected chi connectivity index (χ0v) is 12.8. The molecular weight excluding hydrogens is 278 g/mol. The normalized spacial score (nSPS) is 19.8. The Kier molecular flexibility index (Phi) is 4.50. The number of ether oxygens (including phenoxy) is 1. The van der Waals surface area contributed by atoms with E-state index in [4.69, 9.17) is 16.3 Å². The summed E-state index contributed by atoms with van der Waals surface area (Å²) in [4.78, 5) is 17.9. The maximum Gasteiger partial charge on any atom is 0.410 e. The van der Waals surface area contributed by atoms with Gasteiger partial charge in [-0.1, -0.05) is 17.7 Å². The molecule has 1 aliphatic heterocycles. The highest BCUT2D eigenvalue weighted by Crippen LogP contribution is 2.23. The van der Waals surface area contributed by atoms with Crippen molar-refractivity contribution in [2.75, 3.05) is 19.6 Å². The van der Waals surface area contributed by atoms with Crippen molar-refractivity contribution in [3.05, 3.63) is 29.0 Å². The van der Waals surface area contributed by atoms with Gasteiger partial charge in [-0.25, -0.2) is 9.78 Å². The van der Waals surface area contributed by atoms with Gasteiger partial charge in [-0.05, 0) is 26.8 Å². The first-order valence-electron chi connectivity index (χ1n) is 6.68. The molecule has 1 unspecified atom stereocenters. The van der Waals surface area contributed by atoms with Crippen LogP contribution in [0.5, 0.6) is 0 Å². The van der Waals surface area contributed by atoms with Crippen LogP contribution in [0.15, 0.2) is 18.3 Å². The molecule has 1 aromatic heterocycles. The molecule has 2 heterocycles. The van der Waals surface area contributed by atoms with Crippen LogP contribution in [0.25, 0.3) is 0 Å². The Balaban J connectivity index is 2.06. The molecule has 5 nitrogen and oxygen atoms in total. The third-order valence-corrected chi connectivity index (χ3v) is 3.31. The number of hydrogen-bond donors (Lipinski definition) is 1. The second-order valence-corrected chi connectivity index (χ2v) is 6.17. The van der Waals surface area contributed by atoms with E-state index in [0.29, 0.717) is 24.8 Å². The highest BCUT2D eigenvalue weighted by atomic mass is 35.5. The lowest BCUT2D eigenvalue weighted by atomic mass is 10.1. The fraction of sp³-hybridized carbons (Fsp3) is 0.571. The second-order valence-electron chi connectivity index (χ2n) is 5.82. The number of piperazine rings is 1. The van der Waals surface area contributed by atoms with E-state index in [2.05, 4.69) is 10.3 Å². The number of carbonyl (C=O) groups is 1. The van der Waals surface area contributed by atoms with Crippen LogP contribution in [0, 0.1) is 0 Å². The van der Waals surface area contributed by atoms with Crippen molar-refractivity contribution in [1.82, 2.24) is 15.2 Å². The summed E-state index contributed by atoms with van der Waals surface area (Å²) in [7, 11) is 0. The average molecular weight is 298 g/mol. The molecule has 0 spiro atoms. The maximum atomic E-state index is 12.1. The van der Waals surface area contributed by atoms with Crippen molar-refractivity contribution < 1.29 is 9.53 Å². The lowest BCUT2D eigenvalue weighted by Crippen LogP contribution is -2.49. The Labute approximate surface area is 124 Å². The van der Waals surface area contributed by atoms with Crippen molar-refractivity contribution in [3.8, 4) is 0 Å². The summed E-state index contributed by atoms with van der Waals surface area (Å²) in [6, 6.07) is 3.75. The van der Waals surface area contributed by atoms with Gasteiger partial charge < -0.3 is 15.0 Å². The Morgan fingerprint density at radius 3 is 2.95 bits per heavy atom. The molecule has 20 heavy (non-hydrogen) atoms. The fourth-order valence-electron chi connectivity index (χ4n) is 2.11. The number of carbonyl (C=O) groups excluding carboxylic acids is 1. The zero-order chi connectivity index (χ0) is 14.8. The second kappa shape index (κ2) is 5.97. The molecule has 1 saturated heterocycles. The van der Waals surface area contributed by atoms with E-state index in [1.165, 1.54) is 0 Å². The van der Waals surface area contributed by atoms with Crippen LogP contribution in [0.2, 0.25) is 5.15 Å². The first-order chi connectivity index (χ1) is 9.37. The summed E-state index contributed by atoms with van der Waals surface area (Å²) in [6.45, 7) is 7.45. The number of halogens is 1. The summed E-state index contributed by atoms with van der Waals surface area (Å²) >= 11 is 6.11. The molecule has 0 bridgehead atoms. The molecule has 110 valence electrons. The van der Waals surface area contributed by atoms with Crippen molar-refractivity contribution in [1.29, 1.82) is 0 Å². The molecule has 0 saturated carbocycles. The first-order valence-corrected chi connectivity index (χ1v) is 7.06. The number of nitrogens with zero attached hydrogens (tertiary/aromatic N) is 2. The van der Waals surface area contributed by atoms with Crippen LogP contribution < -0.4 is 5.32 Å². The van der Waals surface area contributed by atoms with Gasteiger partial charge >= 0.3 is 6.09 Å². The van der Waals surface area contributed by atoms with Crippen molar-refractivity contribution in [3.63, 3.8) is 0 Å². The Morgan fingerprint density at radius 1 is 1.55 bits per heavy atom. The lowest BCUT2D eigenvalue weighted by Gasteiger charge is -2.35. The van der Waals surface area contributed by atoms with Gasteiger partial charge in [0.05, 0.1) is 6.04 Å². The van der Waals surface area contributed by atoms with Crippen molar-refractivity contribution in [2.45, 2.75) is 32.4 Å². The summed E-state index contributed by atoms with van der Waals surface area (Å²) in [6.07, 6.45) is 1.37. The third-order valence-electron chi connectivity index (χ3n) is 2.99. The molecule has 1 aliphatic rings. The number of amides is 1. The summed E-state index contributed by atoms with van der Waals surface area (Å²) in [5.74, 6) is 0. The van der Waals surface area contributed by atoms with Crippen LogP contribution in [0.4, 0.5) is 4.79 Å². The number of aromatic nitrogens is 1. The van der Waals surface area contributed by atoms with E-state index >= 15 is 0 Å². The van der Waals surface area contributed by atoms with Gasteiger partial charge in [0.2, 0.25) is 0 Å². The van der Waals surface area contributed by atoms with Crippen LogP contribution in [0.3, 0.4) is 0 Å². The minimum Gasteiger partial charge on any atom is -0.444 e. The largest absolute Gasteiger partial charge is 0.444 e. The molecule has 1 atom stereocenters. The number of hydrogen-bond acceptors (Lipinski definition) is 4. The van der Waals surface area contributed by atoms with E-state index in [1.54, 1.807) is 11.1 Å². The summed E-state index contributed by atoms with van der Waals surface area (Å²) < 4.78 is 5.40. The van der Waals surface area contributed by atoms with Gasteiger partial charge in [-0.3, -0.25) is 0 Å². The SMILES string of the molecule is CC(C)(C)OC(=O)N1CCNC(c2cccnc2Cl)C1. The maximum absolute atomic E-state index is 12.1. The van der Waals surface area contributed by atoms with E-state index in [-0.39, 0.29) is 12.1 Å². The molecule has 1 fully saturated rings. The minimum atomic E-state index is -0.483. The molecule has 0 aliphatic carbocycles. The fourth-order valence-corrected chi connectivity index (χ4v) is 2.36. The summed E-state index contributed by atoms with van der Waals surface area (Å²) in [5, 5.41) is 3.82. The van der Waals surface area contributed by atoms with E-state index in [0.717, 1.165) is 5.56 Å². The van der Waals surface area contributed by atoms with E-state index in [9.17, 15) is 4.79 Å². The standard InChI is InChI=1S/C14H20ClN3O2/c1-14(2,3)20-13(19)18-8-7-16-11(9-18)10-5-4-6-17-12(10)15/h4-6,11,16H,7-9H2,1-3H3. The zero-order valence-electron chi connectivity index (χ0n) is 12.0. The Hall–Kier alpha value is -1.33. The van der Waals surface area contributed by atoms with E-state index < -0.39 is 5.60 Å². The monoisotopic (exact) mass is 297 g/mol. The molecule has 2 rings (SSSR count). The smallest absolute Gasteiger partial charge is 0.410 e. The van der Waals surface area contributed by atoms with Crippen molar-refractivity contribution >= 4 is 17.7 Å². The van der Waals surface area contributed by atoms with Gasteiger partial charge in [0.15, 0.2) is 0 Å². The minimum absolute atomic E-state index is 0.0162. The molecule has 1 amide bonds. The summed E-state index contributed by atoms with van der Waals surface area (Å²) in [5.41, 5.74) is 0.422. The van der Waals surface area contributed by atoms with Gasteiger partial charge in [0, 0.05) is 31.4 Å². The number of pyridine rings is 1. The van der Waals surface area contributed by atoms with Gasteiger partial charge in [-0.2, -0.15) is 0 Å². The molecule has 0 aromatic carbocycles. The van der Waals surface area contributed by atoms with E-state index in [1.807, 2.05) is 32.9 Å². The predicted molar refractivity (Wildman–Crippen MR) is 77.8 cm³/mol. The molecular formula is C14H20ClN3O2. The number of rotatable bonds is 1. The third kappa shape index (κ3) is 3.84.